The Morgan fingerprint density at radius 3 is 2.58 bits per heavy atom. The maximum atomic E-state index is 12.6. The van der Waals surface area contributed by atoms with Gasteiger partial charge in [-0.15, -0.1) is 0 Å². The van der Waals surface area contributed by atoms with Gasteiger partial charge >= 0.3 is 0 Å². The highest BCUT2D eigenvalue weighted by Crippen LogP contribution is 2.24. The number of aliphatic hydroxyl groups is 1. The van der Waals surface area contributed by atoms with Crippen molar-refractivity contribution in [2.45, 2.75) is 38.3 Å². The molecule has 0 heterocycles. The Morgan fingerprint density at radius 1 is 1.58 bits per heavy atom. The maximum absolute atomic E-state index is 12.6. The molecule has 3 nitrogen and oxygen atoms in total. The van der Waals surface area contributed by atoms with Crippen LogP contribution in [0.25, 0.3) is 0 Å². The van der Waals surface area contributed by atoms with Gasteiger partial charge in [-0.2, -0.15) is 0 Å². The molecular formula is C7H15F2NO2. The third-order valence-electron chi connectivity index (χ3n) is 1.60. The summed E-state index contributed by atoms with van der Waals surface area (Å²) in [5.41, 5.74) is 5.23. The number of nitrogens with two attached hydrogens (primary N) is 1. The molecule has 1 atom stereocenters. The molecule has 0 saturated carbocycles. The summed E-state index contributed by atoms with van der Waals surface area (Å²) in [4.78, 5) is 0. The average molecular weight is 183 g/mol. The minimum Gasteiger partial charge on any atom is -0.371 e. The Kier molecular flexibility index (Phi) is 5.28. The Balaban J connectivity index is 3.52. The number of halogens is 2. The molecule has 0 amide bonds. The van der Waals surface area contributed by atoms with Gasteiger partial charge in [-0.3, -0.25) is 0 Å². The average Bonchev–Trinajstić information content (AvgIpc) is 2.02. The molecule has 0 bridgehead atoms. The largest absolute Gasteiger partial charge is 0.371 e. The van der Waals surface area contributed by atoms with Crippen LogP contribution in [0.4, 0.5) is 8.78 Å². The van der Waals surface area contributed by atoms with Crippen molar-refractivity contribution >= 4 is 0 Å². The summed E-state index contributed by atoms with van der Waals surface area (Å²) < 4.78 is 29.6. The molecule has 0 aromatic rings. The minimum absolute atomic E-state index is 0.0569. The lowest BCUT2D eigenvalue weighted by molar-refractivity contribution is -0.0707. The Bertz CT molecular complexity index is 122. The fourth-order valence-electron chi connectivity index (χ4n) is 0.709. The zero-order valence-electron chi connectivity index (χ0n) is 7.09. The van der Waals surface area contributed by atoms with Crippen LogP contribution in [-0.2, 0) is 4.74 Å². The molecule has 0 spiro atoms. The lowest BCUT2D eigenvalue weighted by Gasteiger charge is -2.16. The van der Waals surface area contributed by atoms with Gasteiger partial charge in [0, 0.05) is 12.8 Å². The number of rotatable bonds is 6. The van der Waals surface area contributed by atoms with Crippen LogP contribution < -0.4 is 5.73 Å². The first kappa shape index (κ1) is 11.7. The van der Waals surface area contributed by atoms with Gasteiger partial charge in [0.25, 0.3) is 0 Å². The molecule has 0 radical (unpaired) electrons. The quantitative estimate of drug-likeness (QED) is 0.605. The van der Waals surface area contributed by atoms with Crippen LogP contribution in [0.3, 0.4) is 0 Å². The molecule has 0 fully saturated rings. The lowest BCUT2D eigenvalue weighted by atomic mass is 10.1. The number of ether oxygens (including phenoxy) is 1. The maximum Gasteiger partial charge on any atom is 0.248 e. The second-order valence-corrected chi connectivity index (χ2v) is 2.58. The van der Waals surface area contributed by atoms with E-state index >= 15 is 0 Å². The SMILES string of the molecule is CCC(F)(F)CC[C@@H](N)OCO. The fourth-order valence-corrected chi connectivity index (χ4v) is 0.709. The van der Waals surface area contributed by atoms with E-state index in [-0.39, 0.29) is 19.3 Å². The molecular weight excluding hydrogens is 168 g/mol. The number of hydrogen-bond acceptors (Lipinski definition) is 3. The van der Waals surface area contributed by atoms with E-state index in [4.69, 9.17) is 10.8 Å². The summed E-state index contributed by atoms with van der Waals surface area (Å²) in [5.74, 6) is -2.67. The van der Waals surface area contributed by atoms with Crippen molar-refractivity contribution < 1.29 is 18.6 Å². The smallest absolute Gasteiger partial charge is 0.248 e. The van der Waals surface area contributed by atoms with Crippen LogP contribution in [0, 0.1) is 0 Å². The van der Waals surface area contributed by atoms with Crippen molar-refractivity contribution in [3.63, 3.8) is 0 Å². The molecule has 0 aromatic heterocycles. The highest BCUT2D eigenvalue weighted by Gasteiger charge is 2.26. The fraction of sp³-hybridized carbons (Fsp3) is 1.00. The first-order valence-corrected chi connectivity index (χ1v) is 3.87. The van der Waals surface area contributed by atoms with Crippen LogP contribution in [0.5, 0.6) is 0 Å². The van der Waals surface area contributed by atoms with E-state index in [9.17, 15) is 8.78 Å². The van der Waals surface area contributed by atoms with Crippen LogP contribution in [0.15, 0.2) is 0 Å². The Hall–Kier alpha value is -0.260. The van der Waals surface area contributed by atoms with Crippen LogP contribution in [-0.4, -0.2) is 24.0 Å². The molecule has 5 heteroatoms. The second-order valence-electron chi connectivity index (χ2n) is 2.58. The molecule has 0 aliphatic rings. The third-order valence-corrected chi connectivity index (χ3v) is 1.60. The Morgan fingerprint density at radius 2 is 2.17 bits per heavy atom. The summed E-state index contributed by atoms with van der Waals surface area (Å²) in [6.07, 6.45) is -1.24. The summed E-state index contributed by atoms with van der Waals surface area (Å²) in [6, 6.07) is 0. The van der Waals surface area contributed by atoms with E-state index in [2.05, 4.69) is 4.74 Å². The van der Waals surface area contributed by atoms with Crippen molar-refractivity contribution in [2.75, 3.05) is 6.79 Å². The van der Waals surface area contributed by atoms with Crippen molar-refractivity contribution in [1.82, 2.24) is 0 Å². The van der Waals surface area contributed by atoms with E-state index in [0.717, 1.165) is 0 Å². The third kappa shape index (κ3) is 5.40. The Labute approximate surface area is 70.5 Å². The van der Waals surface area contributed by atoms with E-state index in [1.807, 2.05) is 0 Å². The van der Waals surface area contributed by atoms with E-state index in [0.29, 0.717) is 0 Å². The van der Waals surface area contributed by atoms with Crippen molar-refractivity contribution in [1.29, 1.82) is 0 Å². The van der Waals surface area contributed by atoms with Gasteiger partial charge in [0.05, 0.1) is 0 Å². The number of hydrogen-bond donors (Lipinski definition) is 2. The van der Waals surface area contributed by atoms with E-state index in [1.54, 1.807) is 0 Å². The molecule has 0 unspecified atom stereocenters. The normalized spacial score (nSPS) is 14.8. The summed E-state index contributed by atoms with van der Waals surface area (Å²) in [5, 5.41) is 8.23. The zero-order chi connectivity index (χ0) is 9.61. The van der Waals surface area contributed by atoms with Gasteiger partial charge < -0.3 is 15.6 Å². The van der Waals surface area contributed by atoms with Gasteiger partial charge in [0.15, 0.2) is 0 Å². The molecule has 12 heavy (non-hydrogen) atoms. The highest BCUT2D eigenvalue weighted by molar-refractivity contribution is 4.64. The van der Waals surface area contributed by atoms with Crippen LogP contribution in [0.2, 0.25) is 0 Å². The van der Waals surface area contributed by atoms with Crippen molar-refractivity contribution in [3.05, 3.63) is 0 Å². The predicted octanol–water partition coefficient (Wildman–Crippen LogP) is 1.06. The van der Waals surface area contributed by atoms with E-state index in [1.165, 1.54) is 6.92 Å². The highest BCUT2D eigenvalue weighted by atomic mass is 19.3. The lowest BCUT2D eigenvalue weighted by Crippen LogP contribution is -2.27. The standard InChI is InChI=1S/C7H15F2NO2/c1-2-7(8,9)4-3-6(10)12-5-11/h6,11H,2-5,10H2,1H3/t6-/m0/s1. The van der Waals surface area contributed by atoms with Crippen molar-refractivity contribution in [2.24, 2.45) is 5.73 Å². The molecule has 0 saturated heterocycles. The topological polar surface area (TPSA) is 55.5 Å². The summed E-state index contributed by atoms with van der Waals surface area (Å²) in [6.45, 7) is 0.886. The van der Waals surface area contributed by atoms with Gasteiger partial charge in [0.2, 0.25) is 5.92 Å². The molecule has 0 aromatic carbocycles. The summed E-state index contributed by atoms with van der Waals surface area (Å²) in [7, 11) is 0. The van der Waals surface area contributed by atoms with Crippen LogP contribution in [0.1, 0.15) is 26.2 Å². The van der Waals surface area contributed by atoms with Crippen molar-refractivity contribution in [3.8, 4) is 0 Å². The molecule has 0 rings (SSSR count). The first-order valence-electron chi connectivity index (χ1n) is 3.87. The number of aliphatic hydroxyl groups excluding tert-OH is 1. The monoisotopic (exact) mass is 183 g/mol. The minimum atomic E-state index is -2.67. The summed E-state index contributed by atoms with van der Waals surface area (Å²) >= 11 is 0. The second kappa shape index (κ2) is 5.40. The molecule has 0 aliphatic heterocycles. The zero-order valence-corrected chi connectivity index (χ0v) is 7.09. The molecule has 3 N–H and O–H groups in total. The first-order chi connectivity index (χ1) is 5.52. The van der Waals surface area contributed by atoms with Crippen LogP contribution >= 0.6 is 0 Å². The number of alkyl halides is 2. The van der Waals surface area contributed by atoms with Gasteiger partial charge in [-0.25, -0.2) is 8.78 Å². The van der Waals surface area contributed by atoms with Gasteiger partial charge in [-0.05, 0) is 6.42 Å². The van der Waals surface area contributed by atoms with E-state index < -0.39 is 18.9 Å². The predicted molar refractivity (Wildman–Crippen MR) is 40.6 cm³/mol. The molecule has 0 aliphatic carbocycles. The van der Waals surface area contributed by atoms with Gasteiger partial charge in [0.1, 0.15) is 13.0 Å². The van der Waals surface area contributed by atoms with Gasteiger partial charge in [-0.1, -0.05) is 6.92 Å². The molecule has 74 valence electrons.